The summed E-state index contributed by atoms with van der Waals surface area (Å²) in [7, 11) is 3.06. The minimum atomic E-state index is -0.268. The molecule has 7 nitrogen and oxygen atoms in total. The second-order valence-corrected chi connectivity index (χ2v) is 6.81. The van der Waals surface area contributed by atoms with Crippen molar-refractivity contribution in [3.8, 4) is 28.8 Å². The van der Waals surface area contributed by atoms with Crippen LogP contribution < -0.4 is 19.8 Å². The zero-order chi connectivity index (χ0) is 19.5. The molecule has 1 N–H and O–H groups in total. The number of rotatable bonds is 6. The lowest BCUT2D eigenvalue weighted by atomic mass is 10.2. The van der Waals surface area contributed by atoms with Crippen molar-refractivity contribution in [2.45, 2.75) is 6.61 Å². The van der Waals surface area contributed by atoms with E-state index in [1.54, 1.807) is 12.1 Å². The maximum atomic E-state index is 12.5. The van der Waals surface area contributed by atoms with Crippen molar-refractivity contribution < 1.29 is 14.2 Å². The maximum absolute atomic E-state index is 12.5. The third-order valence-corrected chi connectivity index (χ3v) is 4.93. The summed E-state index contributed by atoms with van der Waals surface area (Å²) in [6.45, 7) is 0.345. The summed E-state index contributed by atoms with van der Waals surface area (Å²) in [5.74, 6) is 2.16. The van der Waals surface area contributed by atoms with Gasteiger partial charge in [-0.15, -0.1) is 11.3 Å². The van der Waals surface area contributed by atoms with E-state index in [0.29, 0.717) is 40.5 Å². The lowest BCUT2D eigenvalue weighted by molar-refractivity contribution is 0.305. The molecule has 4 aromatic rings. The quantitative estimate of drug-likeness (QED) is 0.536. The van der Waals surface area contributed by atoms with Gasteiger partial charge >= 0.3 is 0 Å². The van der Waals surface area contributed by atoms with Gasteiger partial charge in [0.2, 0.25) is 0 Å². The molecule has 2 heterocycles. The van der Waals surface area contributed by atoms with Gasteiger partial charge in [0.15, 0.2) is 17.3 Å². The second kappa shape index (κ2) is 7.69. The largest absolute Gasteiger partial charge is 0.493 e. The Labute approximate surface area is 164 Å². The van der Waals surface area contributed by atoms with Crippen molar-refractivity contribution in [2.24, 2.45) is 0 Å². The first-order valence-electron chi connectivity index (χ1n) is 8.46. The van der Waals surface area contributed by atoms with Gasteiger partial charge in [0.1, 0.15) is 23.1 Å². The number of aromatic amines is 1. The smallest absolute Gasteiger partial charge is 0.259 e. The van der Waals surface area contributed by atoms with Crippen LogP contribution in [0.1, 0.15) is 5.01 Å². The Morgan fingerprint density at radius 3 is 2.54 bits per heavy atom. The fraction of sp³-hybridized carbons (Fsp3) is 0.150. The van der Waals surface area contributed by atoms with Crippen molar-refractivity contribution >= 4 is 22.2 Å². The van der Waals surface area contributed by atoms with Crippen LogP contribution in [0.2, 0.25) is 0 Å². The summed E-state index contributed by atoms with van der Waals surface area (Å²) >= 11 is 1.45. The fourth-order valence-corrected chi connectivity index (χ4v) is 3.42. The molecule has 0 radical (unpaired) electrons. The molecule has 0 aliphatic heterocycles. The third-order valence-electron chi connectivity index (χ3n) is 4.11. The zero-order valence-electron chi connectivity index (χ0n) is 15.3. The van der Waals surface area contributed by atoms with E-state index in [-0.39, 0.29) is 5.56 Å². The van der Waals surface area contributed by atoms with Crippen molar-refractivity contribution in [1.82, 2.24) is 15.0 Å². The fourth-order valence-electron chi connectivity index (χ4n) is 2.73. The zero-order valence-corrected chi connectivity index (χ0v) is 16.1. The Morgan fingerprint density at radius 2 is 1.79 bits per heavy atom. The predicted molar refractivity (Wildman–Crippen MR) is 107 cm³/mol. The molecule has 0 aliphatic rings. The Kier molecular flexibility index (Phi) is 4.94. The number of thiazole rings is 1. The van der Waals surface area contributed by atoms with E-state index in [1.165, 1.54) is 25.6 Å². The van der Waals surface area contributed by atoms with Crippen LogP contribution >= 0.6 is 11.3 Å². The number of nitrogens with one attached hydrogen (secondary N) is 1. The molecule has 0 unspecified atom stereocenters. The SMILES string of the molecule is COc1cc2nc(-c3csc(COc4ccccc4)n3)[nH]c(=O)c2cc1OC. The Hall–Kier alpha value is -3.39. The highest BCUT2D eigenvalue weighted by Gasteiger charge is 2.13. The second-order valence-electron chi connectivity index (χ2n) is 5.87. The first kappa shape index (κ1) is 18.0. The third kappa shape index (κ3) is 3.54. The number of hydrogen-bond donors (Lipinski definition) is 1. The Morgan fingerprint density at radius 1 is 1.04 bits per heavy atom. The molecule has 0 bridgehead atoms. The topological polar surface area (TPSA) is 86.3 Å². The summed E-state index contributed by atoms with van der Waals surface area (Å²) in [6, 6.07) is 12.8. The van der Waals surface area contributed by atoms with Gasteiger partial charge in [-0.05, 0) is 18.2 Å². The van der Waals surface area contributed by atoms with Crippen molar-refractivity contribution in [3.63, 3.8) is 0 Å². The maximum Gasteiger partial charge on any atom is 0.259 e. The molecule has 0 atom stereocenters. The summed E-state index contributed by atoms with van der Waals surface area (Å²) in [5.41, 5.74) is 0.827. The number of ether oxygens (including phenoxy) is 3. The monoisotopic (exact) mass is 395 g/mol. The van der Waals surface area contributed by atoms with Crippen LogP contribution in [0.25, 0.3) is 22.4 Å². The molecule has 0 spiro atoms. The van der Waals surface area contributed by atoms with Crippen LogP contribution in [0.3, 0.4) is 0 Å². The first-order chi connectivity index (χ1) is 13.7. The first-order valence-corrected chi connectivity index (χ1v) is 9.34. The van der Waals surface area contributed by atoms with Gasteiger partial charge in [0, 0.05) is 11.4 Å². The lowest BCUT2D eigenvalue weighted by Gasteiger charge is -2.08. The number of fused-ring (bicyclic) bond motifs is 1. The molecular formula is C20H17N3O4S. The van der Waals surface area contributed by atoms with E-state index >= 15 is 0 Å². The standard InChI is InChI=1S/C20H17N3O4S/c1-25-16-8-13-14(9-17(16)26-2)22-19(23-20(13)24)15-11-28-18(21-15)10-27-12-6-4-3-5-7-12/h3-9,11H,10H2,1-2H3,(H,22,23,24). The number of para-hydroxylation sites is 1. The summed E-state index contributed by atoms with van der Waals surface area (Å²) < 4.78 is 16.3. The van der Waals surface area contributed by atoms with E-state index in [0.717, 1.165) is 10.8 Å². The number of benzene rings is 2. The molecule has 2 aromatic heterocycles. The highest BCUT2D eigenvalue weighted by atomic mass is 32.1. The van der Waals surface area contributed by atoms with E-state index in [1.807, 2.05) is 35.7 Å². The van der Waals surface area contributed by atoms with Gasteiger partial charge in [-0.3, -0.25) is 4.79 Å². The number of nitrogens with zero attached hydrogens (tertiary/aromatic N) is 2. The van der Waals surface area contributed by atoms with E-state index < -0.39 is 0 Å². The number of H-pyrrole nitrogens is 1. The van der Waals surface area contributed by atoms with Gasteiger partial charge in [-0.25, -0.2) is 9.97 Å². The minimum Gasteiger partial charge on any atom is -0.493 e. The average Bonchev–Trinajstić information content (AvgIpc) is 3.21. The predicted octanol–water partition coefficient (Wildman–Crippen LogP) is 3.64. The van der Waals surface area contributed by atoms with Gasteiger partial charge in [0.05, 0.1) is 25.1 Å². The number of hydrogen-bond acceptors (Lipinski definition) is 7. The molecule has 0 saturated heterocycles. The van der Waals surface area contributed by atoms with Crippen LogP contribution in [0.5, 0.6) is 17.2 Å². The molecule has 0 amide bonds. The number of aromatic nitrogens is 3. The molecule has 2 aromatic carbocycles. The normalized spacial score (nSPS) is 10.8. The lowest BCUT2D eigenvalue weighted by Crippen LogP contribution is -2.10. The molecule has 142 valence electrons. The van der Waals surface area contributed by atoms with Crippen LogP contribution in [-0.2, 0) is 6.61 Å². The number of methoxy groups -OCH3 is 2. The summed E-state index contributed by atoms with van der Waals surface area (Å²) in [5, 5.41) is 3.05. The van der Waals surface area contributed by atoms with Gasteiger partial charge in [0.25, 0.3) is 5.56 Å². The van der Waals surface area contributed by atoms with Crippen molar-refractivity contribution in [2.75, 3.05) is 14.2 Å². The Balaban J connectivity index is 1.64. The van der Waals surface area contributed by atoms with E-state index in [9.17, 15) is 4.79 Å². The molecule has 4 rings (SSSR count). The molecule has 0 aliphatic carbocycles. The average molecular weight is 395 g/mol. The minimum absolute atomic E-state index is 0.268. The molecule has 8 heteroatoms. The Bertz CT molecular complexity index is 1170. The van der Waals surface area contributed by atoms with Gasteiger partial charge < -0.3 is 19.2 Å². The van der Waals surface area contributed by atoms with E-state index in [4.69, 9.17) is 14.2 Å². The van der Waals surface area contributed by atoms with Crippen LogP contribution in [-0.4, -0.2) is 29.2 Å². The summed E-state index contributed by atoms with van der Waals surface area (Å²) in [4.78, 5) is 24.4. The summed E-state index contributed by atoms with van der Waals surface area (Å²) in [6.07, 6.45) is 0. The highest BCUT2D eigenvalue weighted by Crippen LogP contribution is 2.30. The van der Waals surface area contributed by atoms with Gasteiger partial charge in [-0.1, -0.05) is 18.2 Å². The molecule has 0 fully saturated rings. The van der Waals surface area contributed by atoms with Crippen LogP contribution in [0, 0.1) is 0 Å². The molecule has 0 saturated carbocycles. The molecule has 28 heavy (non-hydrogen) atoms. The van der Waals surface area contributed by atoms with Crippen LogP contribution in [0.4, 0.5) is 0 Å². The van der Waals surface area contributed by atoms with E-state index in [2.05, 4.69) is 15.0 Å². The van der Waals surface area contributed by atoms with Gasteiger partial charge in [-0.2, -0.15) is 0 Å². The van der Waals surface area contributed by atoms with Crippen molar-refractivity contribution in [3.05, 3.63) is 63.2 Å². The highest BCUT2D eigenvalue weighted by molar-refractivity contribution is 7.09. The van der Waals surface area contributed by atoms with Crippen molar-refractivity contribution in [1.29, 1.82) is 0 Å². The van der Waals surface area contributed by atoms with Crippen LogP contribution in [0.15, 0.2) is 52.6 Å². The molecular weight excluding hydrogens is 378 g/mol.